The molecule has 0 heterocycles. The van der Waals surface area contributed by atoms with Gasteiger partial charge in [-0.05, 0) is 44.9 Å². The minimum Gasteiger partial charge on any atom is -0.353 e. The first-order valence-corrected chi connectivity index (χ1v) is 7.33. The molecular weight excluding hydrogens is 282 g/mol. The van der Waals surface area contributed by atoms with Gasteiger partial charge in [0.25, 0.3) is 0 Å². The Morgan fingerprint density at radius 1 is 1.05 bits per heavy atom. The number of rotatable bonds is 5. The molecule has 6 heteroatoms. The van der Waals surface area contributed by atoms with E-state index >= 15 is 0 Å². The Kier molecular flexibility index (Phi) is 4.49. The van der Waals surface area contributed by atoms with Crippen LogP contribution in [0.1, 0.15) is 33.6 Å². The highest BCUT2D eigenvalue weighted by Gasteiger charge is 2.56. The van der Waals surface area contributed by atoms with Gasteiger partial charge in [0.1, 0.15) is 5.41 Å². The molecule has 0 radical (unpaired) electrons. The van der Waals surface area contributed by atoms with Gasteiger partial charge < -0.3 is 16.0 Å². The number of benzene rings is 1. The third-order valence-electron chi connectivity index (χ3n) is 3.48. The van der Waals surface area contributed by atoms with Crippen LogP contribution in [0.4, 0.5) is 11.4 Å². The number of hydrogen-bond acceptors (Lipinski definition) is 3. The molecule has 22 heavy (non-hydrogen) atoms. The summed E-state index contributed by atoms with van der Waals surface area (Å²) in [4.78, 5) is 35.6. The second-order valence-corrected chi connectivity index (χ2v) is 5.93. The molecule has 6 nitrogen and oxygen atoms in total. The van der Waals surface area contributed by atoms with Gasteiger partial charge in [0, 0.05) is 24.3 Å². The second kappa shape index (κ2) is 6.17. The van der Waals surface area contributed by atoms with E-state index in [1.54, 1.807) is 24.3 Å². The van der Waals surface area contributed by atoms with E-state index in [1.807, 2.05) is 13.8 Å². The van der Waals surface area contributed by atoms with Gasteiger partial charge in [-0.25, -0.2) is 0 Å². The molecule has 0 spiro atoms. The molecule has 0 unspecified atom stereocenters. The van der Waals surface area contributed by atoms with Gasteiger partial charge in [0.2, 0.25) is 17.7 Å². The molecule has 0 aromatic heterocycles. The second-order valence-electron chi connectivity index (χ2n) is 5.93. The lowest BCUT2D eigenvalue weighted by Crippen LogP contribution is -2.42. The van der Waals surface area contributed by atoms with E-state index in [0.717, 1.165) is 0 Å². The molecular formula is C16H21N3O3. The molecule has 1 aliphatic rings. The van der Waals surface area contributed by atoms with Gasteiger partial charge in [-0.3, -0.25) is 14.4 Å². The molecule has 0 aliphatic heterocycles. The first-order valence-electron chi connectivity index (χ1n) is 7.33. The van der Waals surface area contributed by atoms with E-state index in [4.69, 9.17) is 0 Å². The zero-order chi connectivity index (χ0) is 16.3. The van der Waals surface area contributed by atoms with Crippen molar-refractivity contribution in [2.24, 2.45) is 5.41 Å². The van der Waals surface area contributed by atoms with Gasteiger partial charge >= 0.3 is 0 Å². The Morgan fingerprint density at radius 3 is 2.14 bits per heavy atom. The Labute approximate surface area is 129 Å². The van der Waals surface area contributed by atoms with Crippen LogP contribution in [0.15, 0.2) is 24.3 Å². The van der Waals surface area contributed by atoms with Crippen LogP contribution in [0, 0.1) is 5.41 Å². The van der Waals surface area contributed by atoms with E-state index in [9.17, 15) is 14.4 Å². The molecule has 0 atom stereocenters. The molecule has 3 amide bonds. The Hall–Kier alpha value is -2.37. The highest BCUT2D eigenvalue weighted by atomic mass is 16.2. The molecule has 1 fully saturated rings. The summed E-state index contributed by atoms with van der Waals surface area (Å²) >= 11 is 0. The van der Waals surface area contributed by atoms with Crippen molar-refractivity contribution in [2.75, 3.05) is 10.6 Å². The average molecular weight is 303 g/mol. The number of amides is 3. The molecule has 0 saturated heterocycles. The van der Waals surface area contributed by atoms with E-state index < -0.39 is 5.41 Å². The number of anilines is 2. The number of nitrogens with one attached hydrogen (secondary N) is 3. The first kappa shape index (κ1) is 16.0. The Bertz CT molecular complexity index is 606. The molecule has 1 aromatic rings. The van der Waals surface area contributed by atoms with Crippen molar-refractivity contribution in [3.8, 4) is 0 Å². The van der Waals surface area contributed by atoms with Gasteiger partial charge in [-0.1, -0.05) is 6.07 Å². The maximum Gasteiger partial charge on any atom is 0.240 e. The number of hydrogen-bond donors (Lipinski definition) is 3. The molecule has 3 N–H and O–H groups in total. The first-order chi connectivity index (χ1) is 10.3. The van der Waals surface area contributed by atoms with Gasteiger partial charge in [-0.15, -0.1) is 0 Å². The quantitative estimate of drug-likeness (QED) is 0.726. The summed E-state index contributed by atoms with van der Waals surface area (Å²) in [6.07, 6.45) is 1.12. The maximum absolute atomic E-state index is 12.4. The van der Waals surface area contributed by atoms with Gasteiger partial charge in [-0.2, -0.15) is 0 Å². The van der Waals surface area contributed by atoms with Crippen molar-refractivity contribution in [2.45, 2.75) is 39.7 Å². The molecule has 118 valence electrons. The third-order valence-corrected chi connectivity index (χ3v) is 3.48. The zero-order valence-corrected chi connectivity index (χ0v) is 13.0. The van der Waals surface area contributed by atoms with Crippen molar-refractivity contribution < 1.29 is 14.4 Å². The smallest absolute Gasteiger partial charge is 0.240 e. The summed E-state index contributed by atoms with van der Waals surface area (Å²) < 4.78 is 0. The van der Waals surface area contributed by atoms with Gasteiger partial charge in [0.05, 0.1) is 0 Å². The predicted octanol–water partition coefficient (Wildman–Crippen LogP) is 1.89. The van der Waals surface area contributed by atoms with Crippen LogP contribution in [0.25, 0.3) is 0 Å². The van der Waals surface area contributed by atoms with E-state index in [2.05, 4.69) is 16.0 Å². The van der Waals surface area contributed by atoms with Gasteiger partial charge in [0.15, 0.2) is 0 Å². The Balaban J connectivity index is 2.06. The van der Waals surface area contributed by atoms with Crippen LogP contribution in [-0.2, 0) is 14.4 Å². The SMILES string of the molecule is CC(=O)Nc1cccc(NC(=O)C2(C(=O)NC(C)C)CC2)c1. The monoisotopic (exact) mass is 303 g/mol. The lowest BCUT2D eigenvalue weighted by Gasteiger charge is -2.17. The standard InChI is InChI=1S/C16H21N3O3/c1-10(2)17-14(21)16(7-8-16)15(22)19-13-6-4-5-12(9-13)18-11(3)20/h4-6,9-10H,7-8H2,1-3H3,(H,17,21)(H,18,20)(H,19,22). The molecule has 1 saturated carbocycles. The molecule has 1 aliphatic carbocycles. The lowest BCUT2D eigenvalue weighted by molar-refractivity contribution is -0.134. The van der Waals surface area contributed by atoms with E-state index in [1.165, 1.54) is 6.92 Å². The van der Waals surface area contributed by atoms with Crippen molar-refractivity contribution >= 4 is 29.1 Å². The minimum absolute atomic E-state index is 0.000805. The van der Waals surface area contributed by atoms with Crippen LogP contribution in [0.5, 0.6) is 0 Å². The van der Waals surface area contributed by atoms with Crippen LogP contribution in [-0.4, -0.2) is 23.8 Å². The topological polar surface area (TPSA) is 87.3 Å². The average Bonchev–Trinajstić information content (AvgIpc) is 3.18. The highest BCUT2D eigenvalue weighted by Crippen LogP contribution is 2.47. The third kappa shape index (κ3) is 3.63. The van der Waals surface area contributed by atoms with Crippen molar-refractivity contribution in [1.82, 2.24) is 5.32 Å². The fourth-order valence-electron chi connectivity index (χ4n) is 2.21. The fraction of sp³-hybridized carbons (Fsp3) is 0.438. The van der Waals surface area contributed by atoms with E-state index in [-0.39, 0.29) is 23.8 Å². The van der Waals surface area contributed by atoms with Crippen molar-refractivity contribution in [3.63, 3.8) is 0 Å². The number of carbonyl (C=O) groups is 3. The molecule has 0 bridgehead atoms. The lowest BCUT2D eigenvalue weighted by atomic mass is 10.0. The summed E-state index contributed by atoms with van der Waals surface area (Å²) in [6.45, 7) is 5.15. The molecule has 2 rings (SSSR count). The van der Waals surface area contributed by atoms with Crippen LogP contribution >= 0.6 is 0 Å². The summed E-state index contributed by atoms with van der Waals surface area (Å²) in [7, 11) is 0. The fourth-order valence-corrected chi connectivity index (χ4v) is 2.21. The summed E-state index contributed by atoms with van der Waals surface area (Å²) in [5.74, 6) is -0.706. The van der Waals surface area contributed by atoms with Crippen LogP contribution in [0.3, 0.4) is 0 Å². The van der Waals surface area contributed by atoms with Crippen LogP contribution < -0.4 is 16.0 Å². The normalized spacial score (nSPS) is 15.1. The minimum atomic E-state index is -0.950. The molecule has 1 aromatic carbocycles. The zero-order valence-electron chi connectivity index (χ0n) is 13.0. The highest BCUT2D eigenvalue weighted by molar-refractivity contribution is 6.13. The van der Waals surface area contributed by atoms with Crippen LogP contribution in [0.2, 0.25) is 0 Å². The maximum atomic E-state index is 12.4. The summed E-state index contributed by atoms with van der Waals surface area (Å²) in [5, 5.41) is 8.21. The summed E-state index contributed by atoms with van der Waals surface area (Å²) in [6, 6.07) is 6.85. The van der Waals surface area contributed by atoms with Crippen molar-refractivity contribution in [3.05, 3.63) is 24.3 Å². The van der Waals surface area contributed by atoms with E-state index in [0.29, 0.717) is 24.2 Å². The Morgan fingerprint density at radius 2 is 1.64 bits per heavy atom. The summed E-state index contributed by atoms with van der Waals surface area (Å²) in [5.41, 5.74) is 0.204. The largest absolute Gasteiger partial charge is 0.353 e. The number of carbonyl (C=O) groups excluding carboxylic acids is 3. The predicted molar refractivity (Wildman–Crippen MR) is 84.3 cm³/mol. The van der Waals surface area contributed by atoms with Crippen molar-refractivity contribution in [1.29, 1.82) is 0 Å².